The second kappa shape index (κ2) is 2.62. The molecule has 0 saturated heterocycles. The summed E-state index contributed by atoms with van der Waals surface area (Å²) in [7, 11) is 1.99. The molecule has 50 valence electrons. The van der Waals surface area contributed by atoms with E-state index >= 15 is 0 Å². The van der Waals surface area contributed by atoms with Crippen LogP contribution in [-0.2, 0) is 13.6 Å². The summed E-state index contributed by atoms with van der Waals surface area (Å²) in [5.74, 6) is 0. The van der Waals surface area contributed by atoms with Gasteiger partial charge in [0.15, 0.2) is 0 Å². The third kappa shape index (κ3) is 1.28. The highest BCUT2D eigenvalue weighted by Crippen LogP contribution is 1.80. The van der Waals surface area contributed by atoms with E-state index in [4.69, 9.17) is 0 Å². The minimum atomic E-state index is 1.05. The molecule has 0 aliphatic carbocycles. The third-order valence-corrected chi connectivity index (χ3v) is 1.29. The van der Waals surface area contributed by atoms with Crippen molar-refractivity contribution in [3.05, 3.63) is 12.7 Å². The molecule has 0 bridgehead atoms. The van der Waals surface area contributed by atoms with Gasteiger partial charge in [0.2, 0.25) is 6.33 Å². The number of hydrogen-bond acceptors (Lipinski definition) is 1. The van der Waals surface area contributed by atoms with Crippen molar-refractivity contribution in [2.45, 2.75) is 19.9 Å². The highest BCUT2D eigenvalue weighted by Gasteiger charge is 1.97. The topological polar surface area (TPSA) is 21.7 Å². The second-order valence-electron chi connectivity index (χ2n) is 2.12. The Morgan fingerprint density at radius 2 is 2.44 bits per heavy atom. The molecule has 0 aromatic carbocycles. The lowest BCUT2D eigenvalue weighted by Gasteiger charge is -1.94. The standard InChI is InChI=1S/C6H12N3/c1-3-4-9-6-7-5-8(9)2/h5-6H,3-4H2,1-2H3/q+1. The molecule has 1 aromatic heterocycles. The van der Waals surface area contributed by atoms with Crippen molar-refractivity contribution >= 4 is 0 Å². The number of aromatic nitrogens is 3. The first-order valence-corrected chi connectivity index (χ1v) is 3.20. The molecular weight excluding hydrogens is 114 g/mol. The van der Waals surface area contributed by atoms with Crippen molar-refractivity contribution < 1.29 is 4.68 Å². The fraction of sp³-hybridized carbons (Fsp3) is 0.667. The van der Waals surface area contributed by atoms with E-state index in [-0.39, 0.29) is 0 Å². The van der Waals surface area contributed by atoms with Gasteiger partial charge in [-0.25, -0.2) is 0 Å². The van der Waals surface area contributed by atoms with Gasteiger partial charge in [0.05, 0.1) is 6.54 Å². The van der Waals surface area contributed by atoms with E-state index in [1.165, 1.54) is 0 Å². The number of rotatable bonds is 2. The minimum Gasteiger partial charge on any atom is -0.181 e. The van der Waals surface area contributed by atoms with Gasteiger partial charge < -0.3 is 0 Å². The van der Waals surface area contributed by atoms with E-state index in [0.717, 1.165) is 13.0 Å². The van der Waals surface area contributed by atoms with Crippen molar-refractivity contribution in [3.8, 4) is 0 Å². The molecule has 0 aliphatic rings. The van der Waals surface area contributed by atoms with Crippen LogP contribution >= 0.6 is 0 Å². The summed E-state index contributed by atoms with van der Waals surface area (Å²) < 4.78 is 4.05. The predicted octanol–water partition coefficient (Wildman–Crippen LogP) is 0.118. The van der Waals surface area contributed by atoms with E-state index in [2.05, 4.69) is 16.6 Å². The van der Waals surface area contributed by atoms with Crippen LogP contribution in [-0.4, -0.2) is 9.67 Å². The van der Waals surface area contributed by atoms with E-state index in [1.54, 1.807) is 6.33 Å². The van der Waals surface area contributed by atoms with E-state index in [0.29, 0.717) is 0 Å². The van der Waals surface area contributed by atoms with Crippen LogP contribution in [0.15, 0.2) is 12.7 Å². The normalized spacial score (nSPS) is 10.0. The fourth-order valence-corrected chi connectivity index (χ4v) is 0.796. The highest BCUT2D eigenvalue weighted by atomic mass is 15.4. The van der Waals surface area contributed by atoms with Crippen molar-refractivity contribution in [2.24, 2.45) is 7.05 Å². The van der Waals surface area contributed by atoms with Crippen LogP contribution < -0.4 is 4.68 Å². The maximum absolute atomic E-state index is 3.97. The Morgan fingerprint density at radius 1 is 1.67 bits per heavy atom. The summed E-state index contributed by atoms with van der Waals surface area (Å²) >= 11 is 0. The van der Waals surface area contributed by atoms with Crippen LogP contribution in [0.25, 0.3) is 0 Å². The summed E-state index contributed by atoms with van der Waals surface area (Å²) in [5, 5.41) is 0. The monoisotopic (exact) mass is 126 g/mol. The van der Waals surface area contributed by atoms with E-state index < -0.39 is 0 Å². The first-order chi connectivity index (χ1) is 4.34. The molecular formula is C6H12N3+. The minimum absolute atomic E-state index is 1.05. The molecule has 0 fully saturated rings. The summed E-state index contributed by atoms with van der Waals surface area (Å²) in [5.41, 5.74) is 0. The molecule has 0 aliphatic heterocycles. The Hall–Kier alpha value is -0.860. The van der Waals surface area contributed by atoms with Gasteiger partial charge in [0.1, 0.15) is 7.05 Å². The predicted molar refractivity (Wildman–Crippen MR) is 33.7 cm³/mol. The van der Waals surface area contributed by atoms with E-state index in [1.807, 2.05) is 18.1 Å². The molecule has 3 nitrogen and oxygen atoms in total. The fourth-order valence-electron chi connectivity index (χ4n) is 0.796. The van der Waals surface area contributed by atoms with Crippen molar-refractivity contribution in [3.63, 3.8) is 0 Å². The van der Waals surface area contributed by atoms with Crippen LogP contribution in [0.5, 0.6) is 0 Å². The van der Waals surface area contributed by atoms with E-state index in [9.17, 15) is 0 Å². The molecule has 0 unspecified atom stereocenters. The molecule has 1 rings (SSSR count). The molecule has 3 heteroatoms. The molecule has 0 atom stereocenters. The molecule has 9 heavy (non-hydrogen) atoms. The zero-order valence-corrected chi connectivity index (χ0v) is 5.91. The van der Waals surface area contributed by atoms with Crippen LogP contribution in [0, 0.1) is 0 Å². The molecule has 1 heterocycles. The van der Waals surface area contributed by atoms with Crippen LogP contribution in [0.3, 0.4) is 0 Å². The quantitative estimate of drug-likeness (QED) is 0.516. The van der Waals surface area contributed by atoms with Crippen molar-refractivity contribution in [1.29, 1.82) is 0 Å². The van der Waals surface area contributed by atoms with Gasteiger partial charge in [0, 0.05) is 0 Å². The maximum atomic E-state index is 3.97. The number of hydrogen-bond donors (Lipinski definition) is 0. The lowest BCUT2D eigenvalue weighted by atomic mass is 10.5. The molecule has 0 spiro atoms. The van der Waals surface area contributed by atoms with Gasteiger partial charge in [-0.1, -0.05) is 6.92 Å². The van der Waals surface area contributed by atoms with Gasteiger partial charge in [-0.2, -0.15) is 9.36 Å². The molecule has 0 N–H and O–H groups in total. The Kier molecular flexibility index (Phi) is 1.82. The van der Waals surface area contributed by atoms with Crippen molar-refractivity contribution in [1.82, 2.24) is 9.67 Å². The van der Waals surface area contributed by atoms with Crippen LogP contribution in [0.1, 0.15) is 13.3 Å². The molecule has 0 radical (unpaired) electrons. The first-order valence-electron chi connectivity index (χ1n) is 3.20. The first kappa shape index (κ1) is 6.26. The van der Waals surface area contributed by atoms with Crippen molar-refractivity contribution in [2.75, 3.05) is 0 Å². The maximum Gasteiger partial charge on any atom is 0.306 e. The summed E-state index contributed by atoms with van der Waals surface area (Å²) in [4.78, 5) is 3.97. The Labute approximate surface area is 54.9 Å². The number of nitrogens with zero attached hydrogens (tertiary/aromatic N) is 3. The Morgan fingerprint density at radius 3 is 2.89 bits per heavy atom. The highest BCUT2D eigenvalue weighted by molar-refractivity contribution is 4.45. The third-order valence-electron chi connectivity index (χ3n) is 1.29. The zero-order chi connectivity index (χ0) is 6.69. The SMILES string of the molecule is CCCn1cnc[n+]1C. The lowest BCUT2D eigenvalue weighted by Crippen LogP contribution is -2.37. The van der Waals surface area contributed by atoms with Crippen LogP contribution in [0.4, 0.5) is 0 Å². The van der Waals surface area contributed by atoms with Crippen LogP contribution in [0.2, 0.25) is 0 Å². The summed E-state index contributed by atoms with van der Waals surface area (Å²) in [6, 6.07) is 0. The summed E-state index contributed by atoms with van der Waals surface area (Å²) in [6.45, 7) is 3.20. The van der Waals surface area contributed by atoms with Gasteiger partial charge in [-0.3, -0.25) is 0 Å². The smallest absolute Gasteiger partial charge is 0.181 e. The van der Waals surface area contributed by atoms with Gasteiger partial charge in [-0.05, 0) is 11.4 Å². The average Bonchev–Trinajstić information content (AvgIpc) is 2.18. The van der Waals surface area contributed by atoms with Gasteiger partial charge in [0.25, 0.3) is 0 Å². The second-order valence-corrected chi connectivity index (χ2v) is 2.12. The summed E-state index contributed by atoms with van der Waals surface area (Å²) in [6.07, 6.45) is 4.80. The Balaban J connectivity index is 2.69. The molecule has 1 aromatic rings. The van der Waals surface area contributed by atoms with Gasteiger partial charge in [-0.15, -0.1) is 0 Å². The van der Waals surface area contributed by atoms with Gasteiger partial charge >= 0.3 is 6.33 Å². The Bertz CT molecular complexity index is 180. The zero-order valence-electron chi connectivity index (χ0n) is 5.91. The molecule has 0 amide bonds. The number of aryl methyl sites for hydroxylation is 2. The average molecular weight is 126 g/mol. The molecule has 0 saturated carbocycles. The largest absolute Gasteiger partial charge is 0.306 e. The lowest BCUT2D eigenvalue weighted by molar-refractivity contribution is -0.754.